The molecule has 0 radical (unpaired) electrons. The van der Waals surface area contributed by atoms with Crippen LogP contribution in [0.25, 0.3) is 0 Å². The Morgan fingerprint density at radius 1 is 1.15 bits per heavy atom. The molecular formula is C15H15IN2O2. The van der Waals surface area contributed by atoms with Crippen molar-refractivity contribution in [1.29, 1.82) is 0 Å². The van der Waals surface area contributed by atoms with Crippen molar-refractivity contribution in [3.63, 3.8) is 0 Å². The molecule has 0 bridgehead atoms. The number of rotatable bonds is 4. The van der Waals surface area contributed by atoms with Crippen molar-refractivity contribution >= 4 is 34.0 Å². The number of nitro benzene ring substituents is 1. The molecule has 0 atom stereocenters. The van der Waals surface area contributed by atoms with Crippen molar-refractivity contribution in [1.82, 2.24) is 0 Å². The van der Waals surface area contributed by atoms with Gasteiger partial charge in [0.05, 0.1) is 4.92 Å². The molecule has 1 N–H and O–H groups in total. The monoisotopic (exact) mass is 382 g/mol. The normalized spacial score (nSPS) is 10.3. The first kappa shape index (κ1) is 14.8. The Balaban J connectivity index is 2.15. The van der Waals surface area contributed by atoms with Gasteiger partial charge in [0.25, 0.3) is 5.69 Å². The van der Waals surface area contributed by atoms with E-state index >= 15 is 0 Å². The summed E-state index contributed by atoms with van der Waals surface area (Å²) >= 11 is 2.27. The van der Waals surface area contributed by atoms with Gasteiger partial charge in [-0.25, -0.2) is 0 Å². The van der Waals surface area contributed by atoms with Gasteiger partial charge in [-0.3, -0.25) is 10.1 Å². The van der Waals surface area contributed by atoms with Gasteiger partial charge in [-0.1, -0.05) is 12.1 Å². The van der Waals surface area contributed by atoms with Crippen LogP contribution in [0, 0.1) is 27.5 Å². The lowest BCUT2D eigenvalue weighted by atomic mass is 10.1. The first-order valence-corrected chi connectivity index (χ1v) is 7.29. The van der Waals surface area contributed by atoms with Gasteiger partial charge in [0.2, 0.25) is 0 Å². The summed E-state index contributed by atoms with van der Waals surface area (Å²) in [5.74, 6) is 0. The summed E-state index contributed by atoms with van der Waals surface area (Å²) in [6, 6.07) is 11.5. The van der Waals surface area contributed by atoms with Crippen molar-refractivity contribution in [3.05, 3.63) is 66.8 Å². The SMILES string of the molecule is Cc1cc(I)ccc1NCc1ccc(C)c([N+](=O)[O-])c1. The Kier molecular flexibility index (Phi) is 4.59. The van der Waals surface area contributed by atoms with Crippen LogP contribution in [0.2, 0.25) is 0 Å². The predicted octanol–water partition coefficient (Wildman–Crippen LogP) is 4.43. The Morgan fingerprint density at radius 2 is 1.90 bits per heavy atom. The highest BCUT2D eigenvalue weighted by molar-refractivity contribution is 14.1. The third-order valence-corrected chi connectivity index (χ3v) is 3.81. The van der Waals surface area contributed by atoms with Gasteiger partial charge in [0.1, 0.15) is 0 Å². The number of hydrogen-bond donors (Lipinski definition) is 1. The van der Waals surface area contributed by atoms with Gasteiger partial charge in [-0.05, 0) is 65.8 Å². The van der Waals surface area contributed by atoms with E-state index in [1.54, 1.807) is 19.1 Å². The average molecular weight is 382 g/mol. The number of nitrogens with zero attached hydrogens (tertiary/aromatic N) is 1. The van der Waals surface area contributed by atoms with Crippen molar-refractivity contribution in [2.75, 3.05) is 5.32 Å². The Bertz CT molecular complexity index is 656. The molecule has 104 valence electrons. The van der Waals surface area contributed by atoms with E-state index in [9.17, 15) is 10.1 Å². The van der Waals surface area contributed by atoms with Crippen molar-refractivity contribution in [2.24, 2.45) is 0 Å². The smallest absolute Gasteiger partial charge is 0.272 e. The predicted molar refractivity (Wildman–Crippen MR) is 89.1 cm³/mol. The van der Waals surface area contributed by atoms with Crippen molar-refractivity contribution in [3.8, 4) is 0 Å². The molecule has 0 aromatic heterocycles. The minimum atomic E-state index is -0.338. The topological polar surface area (TPSA) is 55.2 Å². The highest BCUT2D eigenvalue weighted by Crippen LogP contribution is 2.22. The van der Waals surface area contributed by atoms with Gasteiger partial charge in [0.15, 0.2) is 0 Å². The first-order valence-electron chi connectivity index (χ1n) is 6.21. The molecule has 0 saturated carbocycles. The van der Waals surface area contributed by atoms with Crippen LogP contribution in [0.15, 0.2) is 36.4 Å². The van der Waals surface area contributed by atoms with Gasteiger partial charge in [-0.2, -0.15) is 0 Å². The van der Waals surface area contributed by atoms with E-state index in [0.717, 1.165) is 11.3 Å². The number of nitrogens with one attached hydrogen (secondary N) is 1. The third-order valence-electron chi connectivity index (χ3n) is 3.14. The van der Waals surface area contributed by atoms with Crippen LogP contribution in [0.1, 0.15) is 16.7 Å². The fourth-order valence-corrected chi connectivity index (χ4v) is 2.63. The van der Waals surface area contributed by atoms with Gasteiger partial charge in [-0.15, -0.1) is 0 Å². The molecule has 0 amide bonds. The molecule has 2 aromatic rings. The molecule has 5 heteroatoms. The second-order valence-electron chi connectivity index (χ2n) is 4.69. The number of anilines is 1. The van der Waals surface area contributed by atoms with E-state index in [-0.39, 0.29) is 10.6 Å². The van der Waals surface area contributed by atoms with Crippen LogP contribution in [-0.2, 0) is 6.54 Å². The summed E-state index contributed by atoms with van der Waals surface area (Å²) in [6.07, 6.45) is 0. The molecular weight excluding hydrogens is 367 g/mol. The fraction of sp³-hybridized carbons (Fsp3) is 0.200. The van der Waals surface area contributed by atoms with E-state index in [2.05, 4.69) is 34.0 Å². The Hall–Kier alpha value is -1.63. The number of halogens is 1. The number of nitro groups is 1. The molecule has 0 unspecified atom stereocenters. The lowest BCUT2D eigenvalue weighted by Gasteiger charge is -2.10. The average Bonchev–Trinajstić information content (AvgIpc) is 2.39. The number of benzene rings is 2. The van der Waals surface area contributed by atoms with Crippen LogP contribution in [0.3, 0.4) is 0 Å². The summed E-state index contributed by atoms with van der Waals surface area (Å²) < 4.78 is 1.19. The standard InChI is InChI=1S/C15H15IN2O2/c1-10-3-4-12(8-15(10)18(19)20)9-17-14-6-5-13(16)7-11(14)2/h3-8,17H,9H2,1-2H3. The largest absolute Gasteiger partial charge is 0.381 e. The molecule has 0 spiro atoms. The molecule has 0 saturated heterocycles. The third kappa shape index (κ3) is 3.47. The molecule has 0 heterocycles. The first-order chi connectivity index (χ1) is 9.47. The van der Waals surface area contributed by atoms with Gasteiger partial charge < -0.3 is 5.32 Å². The molecule has 0 fully saturated rings. The Morgan fingerprint density at radius 3 is 2.55 bits per heavy atom. The second kappa shape index (κ2) is 6.21. The summed E-state index contributed by atoms with van der Waals surface area (Å²) in [7, 11) is 0. The maximum atomic E-state index is 10.9. The second-order valence-corrected chi connectivity index (χ2v) is 5.94. The molecule has 2 aromatic carbocycles. The molecule has 0 aliphatic carbocycles. The van der Waals surface area contributed by atoms with Crippen molar-refractivity contribution in [2.45, 2.75) is 20.4 Å². The lowest BCUT2D eigenvalue weighted by Crippen LogP contribution is -2.02. The zero-order valence-electron chi connectivity index (χ0n) is 11.3. The summed E-state index contributed by atoms with van der Waals surface area (Å²) in [5, 5.41) is 14.2. The van der Waals surface area contributed by atoms with E-state index in [1.165, 1.54) is 9.13 Å². The fourth-order valence-electron chi connectivity index (χ4n) is 1.98. The molecule has 4 nitrogen and oxygen atoms in total. The van der Waals surface area contributed by atoms with Crippen LogP contribution in [0.5, 0.6) is 0 Å². The number of aryl methyl sites for hydroxylation is 2. The van der Waals surface area contributed by atoms with E-state index in [0.29, 0.717) is 12.1 Å². The lowest BCUT2D eigenvalue weighted by molar-refractivity contribution is -0.385. The molecule has 0 aliphatic heterocycles. The minimum Gasteiger partial charge on any atom is -0.381 e. The van der Waals surface area contributed by atoms with Crippen LogP contribution < -0.4 is 5.32 Å². The summed E-state index contributed by atoms with van der Waals surface area (Å²) in [6.45, 7) is 4.36. The van der Waals surface area contributed by atoms with Gasteiger partial charge >= 0.3 is 0 Å². The van der Waals surface area contributed by atoms with Gasteiger partial charge in [0, 0.05) is 27.4 Å². The molecule has 2 rings (SSSR count). The van der Waals surface area contributed by atoms with Crippen LogP contribution in [0.4, 0.5) is 11.4 Å². The van der Waals surface area contributed by atoms with E-state index in [4.69, 9.17) is 0 Å². The highest BCUT2D eigenvalue weighted by Gasteiger charge is 2.10. The van der Waals surface area contributed by atoms with Crippen LogP contribution >= 0.6 is 22.6 Å². The highest BCUT2D eigenvalue weighted by atomic mass is 127. The molecule has 0 aliphatic rings. The quantitative estimate of drug-likeness (QED) is 0.484. The maximum absolute atomic E-state index is 10.9. The molecule has 20 heavy (non-hydrogen) atoms. The number of hydrogen-bond acceptors (Lipinski definition) is 3. The summed E-state index contributed by atoms with van der Waals surface area (Å²) in [5.41, 5.74) is 3.97. The zero-order chi connectivity index (χ0) is 14.7. The van der Waals surface area contributed by atoms with E-state index in [1.807, 2.05) is 25.1 Å². The maximum Gasteiger partial charge on any atom is 0.272 e. The van der Waals surface area contributed by atoms with Crippen LogP contribution in [-0.4, -0.2) is 4.92 Å². The Labute approximate surface area is 131 Å². The summed E-state index contributed by atoms with van der Waals surface area (Å²) in [4.78, 5) is 10.6. The van der Waals surface area contributed by atoms with E-state index < -0.39 is 0 Å². The zero-order valence-corrected chi connectivity index (χ0v) is 13.5. The minimum absolute atomic E-state index is 0.170. The van der Waals surface area contributed by atoms with Crippen molar-refractivity contribution < 1.29 is 4.92 Å².